The van der Waals surface area contributed by atoms with Gasteiger partial charge in [0.25, 0.3) is 11.7 Å². The lowest BCUT2D eigenvalue weighted by atomic mass is 9.98. The highest BCUT2D eigenvalue weighted by Crippen LogP contribution is 2.33. The molecule has 0 atom stereocenters. The van der Waals surface area contributed by atoms with Gasteiger partial charge in [-0.1, -0.05) is 12.8 Å². The van der Waals surface area contributed by atoms with Crippen LogP contribution in [-0.2, 0) is 0 Å². The van der Waals surface area contributed by atoms with Crippen molar-refractivity contribution in [1.29, 1.82) is 0 Å². The standard InChI is InChI=1S/C13H16N4O3/c14-8-13(5-1-2-6-13)16-12-15-10-4-3-9(17(18)19)7-11(10)20-12/h3-4,7H,1-2,5-6,8,14H2,(H,15,16). The number of nitro groups is 1. The van der Waals surface area contributed by atoms with E-state index in [0.29, 0.717) is 23.7 Å². The highest BCUT2D eigenvalue weighted by Gasteiger charge is 2.33. The van der Waals surface area contributed by atoms with Gasteiger partial charge in [-0.3, -0.25) is 10.1 Å². The first-order valence-corrected chi connectivity index (χ1v) is 6.65. The number of fused-ring (bicyclic) bond motifs is 1. The summed E-state index contributed by atoms with van der Waals surface area (Å²) >= 11 is 0. The van der Waals surface area contributed by atoms with Gasteiger partial charge in [-0.25, -0.2) is 0 Å². The topological polar surface area (TPSA) is 107 Å². The molecule has 1 fully saturated rings. The Balaban J connectivity index is 1.91. The van der Waals surface area contributed by atoms with E-state index in [4.69, 9.17) is 10.2 Å². The molecule has 7 heteroatoms. The van der Waals surface area contributed by atoms with Crippen LogP contribution in [0.4, 0.5) is 11.7 Å². The van der Waals surface area contributed by atoms with Crippen LogP contribution in [0.5, 0.6) is 0 Å². The van der Waals surface area contributed by atoms with E-state index in [0.717, 1.165) is 25.7 Å². The minimum absolute atomic E-state index is 0.00500. The summed E-state index contributed by atoms with van der Waals surface area (Å²) in [6.45, 7) is 0.520. The maximum Gasteiger partial charge on any atom is 0.296 e. The quantitative estimate of drug-likeness (QED) is 0.656. The van der Waals surface area contributed by atoms with Gasteiger partial charge in [-0.2, -0.15) is 4.98 Å². The third-order valence-corrected chi connectivity index (χ3v) is 3.91. The molecule has 1 aliphatic rings. The van der Waals surface area contributed by atoms with Gasteiger partial charge in [0.1, 0.15) is 5.52 Å². The normalized spacial score (nSPS) is 17.4. The van der Waals surface area contributed by atoms with Crippen LogP contribution in [0.1, 0.15) is 25.7 Å². The summed E-state index contributed by atoms with van der Waals surface area (Å²) in [6.07, 6.45) is 4.25. The lowest BCUT2D eigenvalue weighted by Crippen LogP contribution is -2.42. The van der Waals surface area contributed by atoms with Gasteiger partial charge in [-0.15, -0.1) is 0 Å². The molecule has 2 aromatic rings. The Kier molecular flexibility index (Phi) is 3.06. The van der Waals surface area contributed by atoms with Gasteiger partial charge in [-0.05, 0) is 18.9 Å². The van der Waals surface area contributed by atoms with E-state index in [9.17, 15) is 10.1 Å². The lowest BCUT2D eigenvalue weighted by molar-refractivity contribution is -0.384. The van der Waals surface area contributed by atoms with Crippen molar-refractivity contribution < 1.29 is 9.34 Å². The van der Waals surface area contributed by atoms with Gasteiger partial charge in [0.2, 0.25) is 0 Å². The Labute approximate surface area is 115 Å². The Morgan fingerprint density at radius 3 is 2.85 bits per heavy atom. The summed E-state index contributed by atoms with van der Waals surface area (Å²) in [6, 6.07) is 4.78. The minimum Gasteiger partial charge on any atom is -0.423 e. The molecule has 0 saturated heterocycles. The second-order valence-electron chi connectivity index (χ2n) is 5.24. The Morgan fingerprint density at radius 2 is 2.20 bits per heavy atom. The Morgan fingerprint density at radius 1 is 1.45 bits per heavy atom. The predicted molar refractivity (Wildman–Crippen MR) is 74.5 cm³/mol. The predicted octanol–water partition coefficient (Wildman–Crippen LogP) is 2.42. The van der Waals surface area contributed by atoms with Crippen LogP contribution in [-0.4, -0.2) is 22.0 Å². The number of nitrogens with two attached hydrogens (primary N) is 1. The van der Waals surface area contributed by atoms with E-state index in [1.165, 1.54) is 12.1 Å². The molecular formula is C13H16N4O3. The Bertz CT molecular complexity index is 646. The summed E-state index contributed by atoms with van der Waals surface area (Å²) in [5, 5.41) is 14.0. The summed E-state index contributed by atoms with van der Waals surface area (Å²) < 4.78 is 5.57. The van der Waals surface area contributed by atoms with Crippen LogP contribution in [0, 0.1) is 10.1 Å². The zero-order valence-electron chi connectivity index (χ0n) is 11.0. The van der Waals surface area contributed by atoms with Crippen LogP contribution in [0.15, 0.2) is 22.6 Å². The molecule has 1 aromatic heterocycles. The van der Waals surface area contributed by atoms with Crippen molar-refractivity contribution in [2.24, 2.45) is 5.73 Å². The van der Waals surface area contributed by atoms with Gasteiger partial charge in [0.05, 0.1) is 16.5 Å². The van der Waals surface area contributed by atoms with Gasteiger partial charge in [0.15, 0.2) is 5.58 Å². The highest BCUT2D eigenvalue weighted by atomic mass is 16.6. The smallest absolute Gasteiger partial charge is 0.296 e. The number of aromatic nitrogens is 1. The average molecular weight is 276 g/mol. The first kappa shape index (κ1) is 12.9. The number of non-ortho nitro benzene ring substituents is 1. The van der Waals surface area contributed by atoms with Crippen molar-refractivity contribution in [3.63, 3.8) is 0 Å². The van der Waals surface area contributed by atoms with Gasteiger partial charge >= 0.3 is 0 Å². The number of hydrogen-bond acceptors (Lipinski definition) is 6. The second kappa shape index (κ2) is 4.75. The number of nitrogens with one attached hydrogen (secondary N) is 1. The average Bonchev–Trinajstić information content (AvgIpc) is 3.04. The van der Waals surface area contributed by atoms with E-state index in [2.05, 4.69) is 10.3 Å². The molecule has 0 bridgehead atoms. The summed E-state index contributed by atoms with van der Waals surface area (Å²) in [5.41, 5.74) is 6.70. The zero-order valence-corrected chi connectivity index (χ0v) is 11.0. The molecule has 0 spiro atoms. The Hall–Kier alpha value is -2.15. The number of oxazole rings is 1. The van der Waals surface area contributed by atoms with Crippen LogP contribution in [0.2, 0.25) is 0 Å². The van der Waals surface area contributed by atoms with Crippen LogP contribution < -0.4 is 11.1 Å². The molecule has 106 valence electrons. The molecule has 20 heavy (non-hydrogen) atoms. The van der Waals surface area contributed by atoms with Crippen molar-refractivity contribution in [3.05, 3.63) is 28.3 Å². The van der Waals surface area contributed by atoms with Crippen LogP contribution >= 0.6 is 0 Å². The number of hydrogen-bond donors (Lipinski definition) is 2. The lowest BCUT2D eigenvalue weighted by Gasteiger charge is -2.27. The number of benzene rings is 1. The van der Waals surface area contributed by atoms with E-state index >= 15 is 0 Å². The molecule has 0 amide bonds. The van der Waals surface area contributed by atoms with Crippen molar-refractivity contribution in [1.82, 2.24) is 4.98 Å². The largest absolute Gasteiger partial charge is 0.423 e. The molecule has 1 saturated carbocycles. The summed E-state index contributed by atoms with van der Waals surface area (Å²) in [7, 11) is 0. The molecule has 0 unspecified atom stereocenters. The SMILES string of the molecule is NCC1(Nc2nc3ccc([N+](=O)[O-])cc3o2)CCCC1. The third-order valence-electron chi connectivity index (χ3n) is 3.91. The van der Waals surface area contributed by atoms with Gasteiger partial charge < -0.3 is 15.5 Å². The first-order chi connectivity index (χ1) is 9.62. The molecular weight excluding hydrogens is 260 g/mol. The fourth-order valence-corrected chi connectivity index (χ4v) is 2.74. The first-order valence-electron chi connectivity index (χ1n) is 6.65. The summed E-state index contributed by atoms with van der Waals surface area (Å²) in [5.74, 6) is 0. The molecule has 1 heterocycles. The highest BCUT2D eigenvalue weighted by molar-refractivity contribution is 5.77. The van der Waals surface area contributed by atoms with Crippen molar-refractivity contribution in [2.75, 3.05) is 11.9 Å². The molecule has 3 rings (SSSR count). The molecule has 1 aromatic carbocycles. The van der Waals surface area contributed by atoms with Crippen LogP contribution in [0.25, 0.3) is 11.1 Å². The maximum absolute atomic E-state index is 10.7. The maximum atomic E-state index is 10.7. The van der Waals surface area contributed by atoms with Crippen molar-refractivity contribution in [2.45, 2.75) is 31.2 Å². The number of rotatable bonds is 4. The monoisotopic (exact) mass is 276 g/mol. The number of anilines is 1. The molecule has 0 aliphatic heterocycles. The van der Waals surface area contributed by atoms with Gasteiger partial charge in [0, 0.05) is 12.6 Å². The molecule has 0 radical (unpaired) electrons. The summed E-state index contributed by atoms with van der Waals surface area (Å²) in [4.78, 5) is 14.6. The molecule has 1 aliphatic carbocycles. The van der Waals surface area contributed by atoms with E-state index in [1.807, 2.05) is 0 Å². The molecule has 7 nitrogen and oxygen atoms in total. The van der Waals surface area contributed by atoms with E-state index in [-0.39, 0.29) is 11.2 Å². The second-order valence-corrected chi connectivity index (χ2v) is 5.24. The fourth-order valence-electron chi connectivity index (χ4n) is 2.74. The molecule has 3 N–H and O–H groups in total. The number of nitro benzene ring substituents is 1. The number of nitrogens with zero attached hydrogens (tertiary/aromatic N) is 2. The van der Waals surface area contributed by atoms with Crippen molar-refractivity contribution >= 4 is 22.8 Å². The zero-order chi connectivity index (χ0) is 14.2. The minimum atomic E-state index is -0.451. The van der Waals surface area contributed by atoms with Crippen molar-refractivity contribution in [3.8, 4) is 0 Å². The van der Waals surface area contributed by atoms with E-state index < -0.39 is 4.92 Å². The van der Waals surface area contributed by atoms with Crippen LogP contribution in [0.3, 0.4) is 0 Å². The van der Waals surface area contributed by atoms with E-state index in [1.54, 1.807) is 6.07 Å². The fraction of sp³-hybridized carbons (Fsp3) is 0.462. The third kappa shape index (κ3) is 2.20.